The summed E-state index contributed by atoms with van der Waals surface area (Å²) < 4.78 is 28.6. The van der Waals surface area contributed by atoms with E-state index in [1.807, 2.05) is 0 Å². The fraction of sp³-hybridized carbons (Fsp3) is 0. The maximum absolute atomic E-state index is 13.8. The lowest BCUT2D eigenvalue weighted by molar-refractivity contribution is 0.589. The van der Waals surface area contributed by atoms with Gasteiger partial charge in [-0.1, -0.05) is 44.9 Å². The first-order valence-corrected chi connectivity index (χ1v) is 7.50. The second-order valence-electron chi connectivity index (χ2n) is 3.98. The highest BCUT2D eigenvalue weighted by molar-refractivity contribution is 9.10. The van der Waals surface area contributed by atoms with Crippen LogP contribution >= 0.6 is 38.9 Å². The van der Waals surface area contributed by atoms with Crippen LogP contribution in [0.2, 0.25) is 5.02 Å². The van der Waals surface area contributed by atoms with E-state index < -0.39 is 11.6 Å². The van der Waals surface area contributed by atoms with Crippen LogP contribution in [0, 0.1) is 11.6 Å². The van der Waals surface area contributed by atoms with E-state index >= 15 is 0 Å². The van der Waals surface area contributed by atoms with Gasteiger partial charge in [-0.05, 0) is 24.3 Å². The number of thiazole rings is 1. The lowest BCUT2D eigenvalue weighted by Gasteiger charge is -2.06. The van der Waals surface area contributed by atoms with Crippen molar-refractivity contribution in [1.82, 2.24) is 4.98 Å². The highest BCUT2D eigenvalue weighted by Gasteiger charge is 2.13. The largest absolute Gasteiger partial charge is 0.327 e. The lowest BCUT2D eigenvalue weighted by Crippen LogP contribution is -1.97. The Kier molecular flexibility index (Phi) is 3.62. The summed E-state index contributed by atoms with van der Waals surface area (Å²) in [4.78, 5) is 4.25. The van der Waals surface area contributed by atoms with E-state index in [1.165, 1.54) is 23.5 Å². The molecule has 0 aliphatic rings. The normalized spacial score (nSPS) is 11.0. The van der Waals surface area contributed by atoms with Crippen molar-refractivity contribution in [1.29, 1.82) is 0 Å². The van der Waals surface area contributed by atoms with Crippen molar-refractivity contribution in [3.05, 3.63) is 51.5 Å². The minimum absolute atomic E-state index is 0.233. The number of nitrogens with zero attached hydrogens (tertiary/aromatic N) is 1. The predicted octanol–water partition coefficient (Wildman–Crippen LogP) is 5.73. The van der Waals surface area contributed by atoms with Crippen molar-refractivity contribution in [2.24, 2.45) is 0 Å². The number of hydrogen-bond acceptors (Lipinski definition) is 3. The van der Waals surface area contributed by atoms with E-state index in [1.54, 1.807) is 18.2 Å². The van der Waals surface area contributed by atoms with Crippen molar-refractivity contribution < 1.29 is 8.78 Å². The Balaban J connectivity index is 2.04. The Morgan fingerprint density at radius 2 is 1.90 bits per heavy atom. The first-order chi connectivity index (χ1) is 9.54. The van der Waals surface area contributed by atoms with Gasteiger partial charge in [0.1, 0.15) is 5.69 Å². The summed E-state index contributed by atoms with van der Waals surface area (Å²) in [7, 11) is 0. The number of benzene rings is 2. The summed E-state index contributed by atoms with van der Waals surface area (Å²) >= 11 is 10.3. The number of aromatic nitrogens is 1. The standard InChI is InChI=1S/C13H6BrClF2N2S/c14-6-4-8(16)11(9(17)5-6)19-13-18-10-3-1-2-7(15)12(10)20-13/h1-5H,(H,18,19). The molecular weight excluding hydrogens is 370 g/mol. The first-order valence-electron chi connectivity index (χ1n) is 5.51. The van der Waals surface area contributed by atoms with Gasteiger partial charge in [0.15, 0.2) is 16.8 Å². The molecule has 7 heteroatoms. The molecule has 0 radical (unpaired) electrons. The number of nitrogens with one attached hydrogen (secondary N) is 1. The Morgan fingerprint density at radius 3 is 2.55 bits per heavy atom. The molecule has 1 N–H and O–H groups in total. The highest BCUT2D eigenvalue weighted by atomic mass is 79.9. The second kappa shape index (κ2) is 5.27. The Morgan fingerprint density at radius 1 is 1.20 bits per heavy atom. The maximum Gasteiger partial charge on any atom is 0.188 e. The van der Waals surface area contributed by atoms with E-state index in [2.05, 4.69) is 26.2 Å². The molecule has 3 rings (SSSR count). The summed E-state index contributed by atoms with van der Waals surface area (Å²) in [6.45, 7) is 0. The van der Waals surface area contributed by atoms with E-state index in [4.69, 9.17) is 11.6 Å². The van der Waals surface area contributed by atoms with Crippen molar-refractivity contribution in [2.75, 3.05) is 5.32 Å². The van der Waals surface area contributed by atoms with Crippen LogP contribution in [0.1, 0.15) is 0 Å². The molecular formula is C13H6BrClF2N2S. The molecule has 0 unspecified atom stereocenters. The van der Waals surface area contributed by atoms with E-state index in [-0.39, 0.29) is 5.69 Å². The maximum atomic E-state index is 13.8. The zero-order valence-electron chi connectivity index (χ0n) is 9.75. The average Bonchev–Trinajstić information content (AvgIpc) is 2.78. The molecule has 0 fully saturated rings. The molecule has 1 heterocycles. The molecule has 102 valence electrons. The first kappa shape index (κ1) is 13.7. The van der Waals surface area contributed by atoms with Gasteiger partial charge in [-0.3, -0.25) is 0 Å². The molecule has 0 aliphatic carbocycles. The Hall–Kier alpha value is -1.24. The fourth-order valence-corrected chi connectivity index (χ4v) is 3.30. The third-order valence-electron chi connectivity index (χ3n) is 2.61. The van der Waals surface area contributed by atoms with Crippen LogP contribution in [0.3, 0.4) is 0 Å². The molecule has 20 heavy (non-hydrogen) atoms. The molecule has 0 aliphatic heterocycles. The summed E-state index contributed by atoms with van der Waals surface area (Å²) in [5.74, 6) is -1.38. The lowest BCUT2D eigenvalue weighted by atomic mass is 10.3. The molecule has 0 saturated heterocycles. The SMILES string of the molecule is Fc1cc(Br)cc(F)c1Nc1nc2cccc(Cl)c2s1. The zero-order valence-corrected chi connectivity index (χ0v) is 12.9. The van der Waals surface area contributed by atoms with Gasteiger partial charge in [0.25, 0.3) is 0 Å². The van der Waals surface area contributed by atoms with Crippen molar-refractivity contribution in [3.8, 4) is 0 Å². The molecule has 0 bridgehead atoms. The molecule has 2 aromatic carbocycles. The smallest absolute Gasteiger partial charge is 0.188 e. The van der Waals surface area contributed by atoms with E-state index in [0.717, 1.165) is 4.70 Å². The molecule has 2 nitrogen and oxygen atoms in total. The van der Waals surface area contributed by atoms with Gasteiger partial charge >= 0.3 is 0 Å². The van der Waals surface area contributed by atoms with Gasteiger partial charge in [0.2, 0.25) is 0 Å². The topological polar surface area (TPSA) is 24.9 Å². The third-order valence-corrected chi connectivity index (χ3v) is 4.51. The van der Waals surface area contributed by atoms with Gasteiger partial charge in [0.05, 0.1) is 15.2 Å². The van der Waals surface area contributed by atoms with Crippen LogP contribution in [-0.4, -0.2) is 4.98 Å². The summed E-state index contributed by atoms with van der Waals surface area (Å²) in [6, 6.07) is 7.68. The quantitative estimate of drug-likeness (QED) is 0.618. The number of rotatable bonds is 2. The monoisotopic (exact) mass is 374 g/mol. The second-order valence-corrected chi connectivity index (χ2v) is 6.30. The molecule has 0 saturated carbocycles. The minimum atomic E-state index is -0.692. The van der Waals surface area contributed by atoms with Crippen molar-refractivity contribution in [2.45, 2.75) is 0 Å². The van der Waals surface area contributed by atoms with Gasteiger partial charge in [-0.2, -0.15) is 0 Å². The highest BCUT2D eigenvalue weighted by Crippen LogP contribution is 2.34. The van der Waals surface area contributed by atoms with Crippen LogP contribution in [-0.2, 0) is 0 Å². The molecule has 0 atom stereocenters. The summed E-state index contributed by atoms with van der Waals surface area (Å²) in [5.41, 5.74) is 0.450. The number of halogens is 4. The van der Waals surface area contributed by atoms with E-state index in [9.17, 15) is 8.78 Å². The Labute approximate surface area is 130 Å². The van der Waals surface area contributed by atoms with Crippen LogP contribution in [0.25, 0.3) is 10.2 Å². The van der Waals surface area contributed by atoms with Crippen LogP contribution in [0.15, 0.2) is 34.8 Å². The Bertz CT molecular complexity index is 783. The van der Waals surface area contributed by atoms with Crippen LogP contribution < -0.4 is 5.32 Å². The molecule has 0 spiro atoms. The van der Waals surface area contributed by atoms with Gasteiger partial charge < -0.3 is 5.32 Å². The van der Waals surface area contributed by atoms with Crippen molar-refractivity contribution in [3.63, 3.8) is 0 Å². The summed E-state index contributed by atoms with van der Waals surface area (Å²) in [6.07, 6.45) is 0. The number of hydrogen-bond donors (Lipinski definition) is 1. The number of anilines is 2. The van der Waals surface area contributed by atoms with Crippen LogP contribution in [0.4, 0.5) is 19.6 Å². The molecule has 1 aromatic heterocycles. The van der Waals surface area contributed by atoms with Gasteiger partial charge in [-0.15, -0.1) is 0 Å². The minimum Gasteiger partial charge on any atom is -0.327 e. The zero-order chi connectivity index (χ0) is 14.3. The van der Waals surface area contributed by atoms with Crippen molar-refractivity contribution >= 4 is 59.9 Å². The molecule has 0 amide bonds. The number of fused-ring (bicyclic) bond motifs is 1. The van der Waals surface area contributed by atoms with E-state index in [0.29, 0.717) is 20.1 Å². The van der Waals surface area contributed by atoms with Gasteiger partial charge in [0, 0.05) is 4.47 Å². The van der Waals surface area contributed by atoms with Gasteiger partial charge in [-0.25, -0.2) is 13.8 Å². The summed E-state index contributed by atoms with van der Waals surface area (Å²) in [5, 5.41) is 3.60. The average molecular weight is 376 g/mol. The molecule has 3 aromatic rings. The fourth-order valence-electron chi connectivity index (χ4n) is 1.74. The third kappa shape index (κ3) is 2.51. The van der Waals surface area contributed by atoms with Crippen LogP contribution in [0.5, 0.6) is 0 Å². The predicted molar refractivity (Wildman–Crippen MR) is 82.0 cm³/mol.